The van der Waals surface area contributed by atoms with Crippen LogP contribution >= 0.6 is 11.5 Å². The summed E-state index contributed by atoms with van der Waals surface area (Å²) in [5.74, 6) is -0.259. The molecule has 0 aromatic carbocycles. The predicted octanol–water partition coefficient (Wildman–Crippen LogP) is 0.677. The Kier molecular flexibility index (Phi) is 2.15. The van der Waals surface area contributed by atoms with Crippen LogP contribution < -0.4 is 11.0 Å². The molecule has 0 aliphatic rings. The fourth-order valence-electron chi connectivity index (χ4n) is 0.850. The van der Waals surface area contributed by atoms with Crippen LogP contribution in [-0.4, -0.2) is 15.3 Å². The second kappa shape index (κ2) is 3.46. The van der Waals surface area contributed by atoms with Gasteiger partial charge in [-0.1, -0.05) is 0 Å². The molecule has 1 amide bonds. The fourth-order valence-corrected chi connectivity index (χ4v) is 1.35. The maximum atomic E-state index is 11.3. The molecule has 0 unspecified atom stereocenters. The number of nitrogens with zero attached hydrogens (tertiary/aromatic N) is 1. The molecule has 0 atom stereocenters. The Bertz CT molecular complexity index is 484. The molecule has 0 saturated heterocycles. The van der Waals surface area contributed by atoms with Crippen molar-refractivity contribution in [3.63, 3.8) is 0 Å². The van der Waals surface area contributed by atoms with Gasteiger partial charge in [0.05, 0.1) is 6.26 Å². The van der Waals surface area contributed by atoms with Gasteiger partial charge in [0.15, 0.2) is 5.76 Å². The van der Waals surface area contributed by atoms with Gasteiger partial charge in [-0.25, -0.2) is 4.79 Å². The Balaban J connectivity index is 2.13. The van der Waals surface area contributed by atoms with E-state index in [4.69, 9.17) is 4.42 Å². The van der Waals surface area contributed by atoms with Crippen LogP contribution in [0.15, 0.2) is 27.6 Å². The highest BCUT2D eigenvalue weighted by atomic mass is 32.1. The number of amides is 1. The lowest BCUT2D eigenvalue weighted by atomic mass is 10.4. The van der Waals surface area contributed by atoms with Crippen molar-refractivity contribution >= 4 is 22.6 Å². The van der Waals surface area contributed by atoms with Crippen molar-refractivity contribution in [1.82, 2.24) is 9.36 Å². The molecular weight excluding hydrogens is 206 g/mol. The minimum absolute atomic E-state index is 0.174. The van der Waals surface area contributed by atoms with Gasteiger partial charge in [0.25, 0.3) is 5.91 Å². The summed E-state index contributed by atoms with van der Waals surface area (Å²) in [4.78, 5) is 25.5. The van der Waals surface area contributed by atoms with E-state index in [1.807, 2.05) is 0 Å². The van der Waals surface area contributed by atoms with Crippen molar-refractivity contribution in [2.45, 2.75) is 0 Å². The van der Waals surface area contributed by atoms with Gasteiger partial charge in [-0.3, -0.25) is 14.5 Å². The first kappa shape index (κ1) is 8.70. The summed E-state index contributed by atoms with van der Waals surface area (Å²) in [5, 5.41) is 2.63. The van der Waals surface area contributed by atoms with Gasteiger partial charge in [0.1, 0.15) is 0 Å². The normalized spacial score (nSPS) is 10.0. The van der Waals surface area contributed by atoms with Crippen LogP contribution in [-0.2, 0) is 0 Å². The molecule has 2 aromatic rings. The minimum atomic E-state index is -0.482. The van der Waals surface area contributed by atoms with E-state index < -0.39 is 11.6 Å². The Morgan fingerprint density at radius 3 is 3.07 bits per heavy atom. The van der Waals surface area contributed by atoms with Crippen LogP contribution in [0.5, 0.6) is 0 Å². The predicted molar refractivity (Wildman–Crippen MR) is 49.4 cm³/mol. The smallest absolute Gasteiger partial charge is 0.357 e. The molecule has 7 heteroatoms. The topological polar surface area (TPSA) is 88.0 Å². The van der Waals surface area contributed by atoms with E-state index in [2.05, 4.69) is 14.7 Å². The van der Waals surface area contributed by atoms with Gasteiger partial charge in [-0.05, 0) is 23.7 Å². The van der Waals surface area contributed by atoms with E-state index in [1.54, 1.807) is 6.07 Å². The maximum absolute atomic E-state index is 11.3. The third-order valence-electron chi connectivity index (χ3n) is 1.40. The molecule has 14 heavy (non-hydrogen) atoms. The molecule has 0 radical (unpaired) electrons. The first-order valence-corrected chi connectivity index (χ1v) is 4.48. The van der Waals surface area contributed by atoms with Crippen molar-refractivity contribution in [2.75, 3.05) is 5.32 Å². The van der Waals surface area contributed by atoms with E-state index >= 15 is 0 Å². The molecule has 0 spiro atoms. The molecule has 2 rings (SSSR count). The number of furan rings is 1. The van der Waals surface area contributed by atoms with Gasteiger partial charge in [-0.15, -0.1) is 0 Å². The third-order valence-corrected chi connectivity index (χ3v) is 2.07. The Morgan fingerprint density at radius 1 is 1.64 bits per heavy atom. The van der Waals surface area contributed by atoms with E-state index in [9.17, 15) is 9.59 Å². The lowest BCUT2D eigenvalue weighted by Crippen LogP contribution is -2.11. The minimum Gasteiger partial charge on any atom is -0.459 e. The molecular formula is C7H5N3O3S. The number of carbonyl (C=O) groups excluding carboxylic acids is 1. The zero-order valence-corrected chi connectivity index (χ0v) is 7.63. The highest BCUT2D eigenvalue weighted by molar-refractivity contribution is 7.09. The third kappa shape index (κ3) is 1.72. The van der Waals surface area contributed by atoms with Crippen LogP contribution in [0.1, 0.15) is 10.6 Å². The highest BCUT2D eigenvalue weighted by Crippen LogP contribution is 2.07. The summed E-state index contributed by atoms with van der Waals surface area (Å²) in [6.45, 7) is 0. The first-order valence-electron chi connectivity index (χ1n) is 3.66. The number of nitrogens with one attached hydrogen (secondary N) is 2. The molecule has 0 bridgehead atoms. The van der Waals surface area contributed by atoms with Crippen molar-refractivity contribution < 1.29 is 9.21 Å². The number of H-pyrrole nitrogens is 1. The van der Waals surface area contributed by atoms with Crippen molar-refractivity contribution in [2.24, 2.45) is 0 Å². The second-order valence-corrected chi connectivity index (χ2v) is 3.15. The average molecular weight is 211 g/mol. The van der Waals surface area contributed by atoms with Crippen LogP contribution in [0.2, 0.25) is 0 Å². The number of carbonyl (C=O) groups is 1. The number of rotatable bonds is 2. The molecule has 6 nitrogen and oxygen atoms in total. The summed E-state index contributed by atoms with van der Waals surface area (Å²) >= 11 is 0.953. The number of aromatic nitrogens is 2. The first-order chi connectivity index (χ1) is 6.75. The quantitative estimate of drug-likeness (QED) is 0.764. The monoisotopic (exact) mass is 211 g/mol. The summed E-state index contributed by atoms with van der Waals surface area (Å²) in [5.41, 5.74) is -0.482. The molecule has 2 heterocycles. The summed E-state index contributed by atoms with van der Waals surface area (Å²) < 4.78 is 7.20. The SMILES string of the molecule is O=C(Nc1nc(=O)[nH]s1)c1ccco1. The molecule has 72 valence electrons. The number of anilines is 1. The Labute approximate surface area is 81.7 Å². The lowest BCUT2D eigenvalue weighted by molar-refractivity contribution is 0.0996. The van der Waals surface area contributed by atoms with E-state index in [1.165, 1.54) is 12.3 Å². The molecule has 0 aliphatic carbocycles. The van der Waals surface area contributed by atoms with Crippen molar-refractivity contribution in [3.05, 3.63) is 34.6 Å². The van der Waals surface area contributed by atoms with Crippen LogP contribution in [0, 0.1) is 0 Å². The second-order valence-electron chi connectivity index (χ2n) is 2.36. The Hall–Kier alpha value is -1.89. The van der Waals surface area contributed by atoms with Gasteiger partial charge in [0, 0.05) is 0 Å². The van der Waals surface area contributed by atoms with E-state index in [0.717, 1.165) is 11.5 Å². The summed E-state index contributed by atoms with van der Waals surface area (Å²) in [7, 11) is 0. The van der Waals surface area contributed by atoms with Crippen LogP contribution in [0.3, 0.4) is 0 Å². The van der Waals surface area contributed by atoms with Crippen LogP contribution in [0.4, 0.5) is 5.13 Å². The molecule has 2 N–H and O–H groups in total. The molecule has 0 saturated carbocycles. The fraction of sp³-hybridized carbons (Fsp3) is 0. The maximum Gasteiger partial charge on any atom is 0.357 e. The van der Waals surface area contributed by atoms with E-state index in [-0.39, 0.29) is 10.9 Å². The largest absolute Gasteiger partial charge is 0.459 e. The van der Waals surface area contributed by atoms with Gasteiger partial charge in [0.2, 0.25) is 5.13 Å². The Morgan fingerprint density at radius 2 is 2.50 bits per heavy atom. The lowest BCUT2D eigenvalue weighted by Gasteiger charge is -1.95. The summed E-state index contributed by atoms with van der Waals surface area (Å²) in [6.07, 6.45) is 1.39. The van der Waals surface area contributed by atoms with Gasteiger partial charge in [-0.2, -0.15) is 4.98 Å². The molecule has 2 aromatic heterocycles. The number of hydrogen-bond donors (Lipinski definition) is 2. The molecule has 0 aliphatic heterocycles. The zero-order chi connectivity index (χ0) is 9.97. The molecule has 0 fully saturated rings. The van der Waals surface area contributed by atoms with Crippen molar-refractivity contribution in [1.29, 1.82) is 0 Å². The zero-order valence-electron chi connectivity index (χ0n) is 6.81. The van der Waals surface area contributed by atoms with Gasteiger partial charge < -0.3 is 4.42 Å². The number of hydrogen-bond acceptors (Lipinski definition) is 5. The van der Waals surface area contributed by atoms with Gasteiger partial charge >= 0.3 is 5.69 Å². The standard InChI is InChI=1S/C7H5N3O3S/c11-5(4-2-1-3-13-4)8-7-9-6(12)10-14-7/h1-3H,(H2,8,9,10,11,12). The summed E-state index contributed by atoms with van der Waals surface area (Å²) in [6, 6.07) is 3.12. The highest BCUT2D eigenvalue weighted by Gasteiger charge is 2.10. The van der Waals surface area contributed by atoms with E-state index in [0.29, 0.717) is 0 Å². The average Bonchev–Trinajstić information content (AvgIpc) is 2.75. The number of aromatic amines is 1. The van der Waals surface area contributed by atoms with Crippen molar-refractivity contribution in [3.8, 4) is 0 Å². The van der Waals surface area contributed by atoms with Crippen LogP contribution in [0.25, 0.3) is 0 Å².